The van der Waals surface area contributed by atoms with E-state index in [1.165, 1.54) is 23.2 Å². The average molecular weight is 336 g/mol. The van der Waals surface area contributed by atoms with Gasteiger partial charge in [-0.2, -0.15) is 0 Å². The smallest absolute Gasteiger partial charge is 0.254 e. The highest BCUT2D eigenvalue weighted by molar-refractivity contribution is 5.90. The van der Waals surface area contributed by atoms with Gasteiger partial charge in [0, 0.05) is 17.8 Å². The summed E-state index contributed by atoms with van der Waals surface area (Å²) in [6.45, 7) is -0.121. The highest BCUT2D eigenvalue weighted by Crippen LogP contribution is 2.19. The molecule has 25 heavy (non-hydrogen) atoms. The summed E-state index contributed by atoms with van der Waals surface area (Å²) in [5, 5.41) is 2.67. The lowest BCUT2D eigenvalue weighted by atomic mass is 10.1. The molecule has 1 amide bonds. The quantitative estimate of drug-likeness (QED) is 0.770. The Morgan fingerprint density at radius 2 is 2.04 bits per heavy atom. The van der Waals surface area contributed by atoms with Gasteiger partial charge in [0.05, 0.1) is 31.0 Å². The standard InChI is InChI=1S/C18H16N4O3/c1-25-15-6-4-13(5-7-15)16-9-18(24)22(12-20-16)11-17(23)21-14-3-2-8-19-10-14/h2-10,12H,11H2,1H3,(H,21,23). The molecule has 7 nitrogen and oxygen atoms in total. The van der Waals surface area contributed by atoms with Crippen LogP contribution in [0.1, 0.15) is 0 Å². The van der Waals surface area contributed by atoms with Crippen molar-refractivity contribution in [3.05, 3.63) is 71.5 Å². The maximum absolute atomic E-state index is 12.2. The van der Waals surface area contributed by atoms with Gasteiger partial charge in [-0.15, -0.1) is 0 Å². The summed E-state index contributed by atoms with van der Waals surface area (Å²) in [6.07, 6.45) is 4.51. The molecular weight excluding hydrogens is 320 g/mol. The van der Waals surface area contributed by atoms with E-state index < -0.39 is 0 Å². The number of hydrogen-bond acceptors (Lipinski definition) is 5. The van der Waals surface area contributed by atoms with Crippen molar-refractivity contribution in [2.75, 3.05) is 12.4 Å². The Bertz CT molecular complexity index is 921. The van der Waals surface area contributed by atoms with Crippen molar-refractivity contribution in [1.29, 1.82) is 0 Å². The summed E-state index contributed by atoms with van der Waals surface area (Å²) in [6, 6.07) is 12.1. The van der Waals surface area contributed by atoms with E-state index in [-0.39, 0.29) is 18.0 Å². The van der Waals surface area contributed by atoms with Crippen LogP contribution in [0, 0.1) is 0 Å². The van der Waals surface area contributed by atoms with Crippen LogP contribution >= 0.6 is 0 Å². The molecule has 7 heteroatoms. The second kappa shape index (κ2) is 7.39. The van der Waals surface area contributed by atoms with Crippen molar-refractivity contribution >= 4 is 11.6 Å². The highest BCUT2D eigenvalue weighted by atomic mass is 16.5. The van der Waals surface area contributed by atoms with Crippen LogP contribution in [0.15, 0.2) is 66.0 Å². The number of carbonyl (C=O) groups excluding carboxylic acids is 1. The normalized spacial score (nSPS) is 10.3. The minimum absolute atomic E-state index is 0.121. The zero-order valence-electron chi connectivity index (χ0n) is 13.5. The molecule has 0 spiro atoms. The van der Waals surface area contributed by atoms with E-state index in [0.717, 1.165) is 11.3 Å². The van der Waals surface area contributed by atoms with Crippen molar-refractivity contribution < 1.29 is 9.53 Å². The number of anilines is 1. The van der Waals surface area contributed by atoms with Crippen molar-refractivity contribution in [2.24, 2.45) is 0 Å². The number of aromatic nitrogens is 3. The predicted octanol–water partition coefficient (Wildman–Crippen LogP) is 1.95. The minimum atomic E-state index is -0.325. The summed E-state index contributed by atoms with van der Waals surface area (Å²) in [5.41, 5.74) is 1.60. The molecule has 0 aliphatic carbocycles. The minimum Gasteiger partial charge on any atom is -0.497 e. The Hall–Kier alpha value is -3.48. The Morgan fingerprint density at radius 1 is 1.24 bits per heavy atom. The maximum atomic E-state index is 12.2. The number of carbonyl (C=O) groups is 1. The molecule has 0 saturated carbocycles. The molecule has 0 aliphatic rings. The van der Waals surface area contributed by atoms with Gasteiger partial charge in [-0.25, -0.2) is 4.98 Å². The van der Waals surface area contributed by atoms with Crippen molar-refractivity contribution in [1.82, 2.24) is 14.5 Å². The first-order valence-corrected chi connectivity index (χ1v) is 7.56. The monoisotopic (exact) mass is 336 g/mol. The molecule has 0 saturated heterocycles. The number of rotatable bonds is 5. The molecule has 0 atom stereocenters. The van der Waals surface area contributed by atoms with Crippen LogP contribution in [0.4, 0.5) is 5.69 Å². The molecule has 0 unspecified atom stereocenters. The number of methoxy groups -OCH3 is 1. The van der Waals surface area contributed by atoms with Gasteiger partial charge in [-0.1, -0.05) is 0 Å². The second-order valence-electron chi connectivity index (χ2n) is 5.26. The van der Waals surface area contributed by atoms with E-state index in [4.69, 9.17) is 4.74 Å². The van der Waals surface area contributed by atoms with Crippen LogP contribution in [0.2, 0.25) is 0 Å². The summed E-state index contributed by atoms with van der Waals surface area (Å²) in [4.78, 5) is 32.4. The van der Waals surface area contributed by atoms with Gasteiger partial charge in [-0.05, 0) is 36.4 Å². The summed E-state index contributed by atoms with van der Waals surface area (Å²) >= 11 is 0. The second-order valence-corrected chi connectivity index (χ2v) is 5.26. The third-order valence-corrected chi connectivity index (χ3v) is 3.52. The fraction of sp³-hybridized carbons (Fsp3) is 0.111. The first-order chi connectivity index (χ1) is 12.2. The third kappa shape index (κ3) is 4.08. The molecule has 0 aliphatic heterocycles. The molecule has 126 valence electrons. The topological polar surface area (TPSA) is 86.1 Å². The van der Waals surface area contributed by atoms with Crippen molar-refractivity contribution in [2.45, 2.75) is 6.54 Å². The van der Waals surface area contributed by atoms with E-state index in [2.05, 4.69) is 15.3 Å². The molecule has 3 rings (SSSR count). The molecule has 2 heterocycles. The number of amides is 1. The zero-order valence-corrected chi connectivity index (χ0v) is 13.5. The lowest BCUT2D eigenvalue weighted by Gasteiger charge is -2.08. The molecule has 2 aromatic heterocycles. The number of pyridine rings is 1. The van der Waals surface area contributed by atoms with Gasteiger partial charge >= 0.3 is 0 Å². The third-order valence-electron chi connectivity index (χ3n) is 3.52. The highest BCUT2D eigenvalue weighted by Gasteiger charge is 2.08. The van der Waals surface area contributed by atoms with Crippen LogP contribution in [0.25, 0.3) is 11.3 Å². The molecular formula is C18H16N4O3. The molecule has 3 aromatic rings. The fourth-order valence-corrected chi connectivity index (χ4v) is 2.26. The SMILES string of the molecule is COc1ccc(-c2cc(=O)n(CC(=O)Nc3cccnc3)cn2)cc1. The number of hydrogen-bond donors (Lipinski definition) is 1. The van der Waals surface area contributed by atoms with E-state index in [0.29, 0.717) is 11.4 Å². The van der Waals surface area contributed by atoms with E-state index in [9.17, 15) is 9.59 Å². The van der Waals surface area contributed by atoms with Crippen molar-refractivity contribution in [3.8, 4) is 17.0 Å². The number of benzene rings is 1. The van der Waals surface area contributed by atoms with Gasteiger partial charge in [-0.3, -0.25) is 19.1 Å². The number of nitrogens with zero attached hydrogens (tertiary/aromatic N) is 3. The van der Waals surface area contributed by atoms with Gasteiger partial charge in [0.1, 0.15) is 12.3 Å². The molecule has 0 fully saturated rings. The van der Waals surface area contributed by atoms with Gasteiger partial charge in [0.15, 0.2) is 0 Å². The molecule has 0 radical (unpaired) electrons. The summed E-state index contributed by atoms with van der Waals surface area (Å²) < 4.78 is 6.35. The summed E-state index contributed by atoms with van der Waals surface area (Å²) in [5.74, 6) is 0.401. The molecule has 1 N–H and O–H groups in total. The Morgan fingerprint density at radius 3 is 2.68 bits per heavy atom. The molecule has 0 bridgehead atoms. The van der Waals surface area contributed by atoms with Crippen LogP contribution in [0.3, 0.4) is 0 Å². The Balaban J connectivity index is 1.73. The van der Waals surface area contributed by atoms with E-state index >= 15 is 0 Å². The van der Waals surface area contributed by atoms with Gasteiger partial charge in [0.2, 0.25) is 5.91 Å². The largest absolute Gasteiger partial charge is 0.497 e. The van der Waals surface area contributed by atoms with Crippen LogP contribution in [-0.4, -0.2) is 27.6 Å². The first kappa shape index (κ1) is 16.4. The number of nitrogens with one attached hydrogen (secondary N) is 1. The van der Waals surface area contributed by atoms with Crippen LogP contribution in [0.5, 0.6) is 5.75 Å². The average Bonchev–Trinajstić information content (AvgIpc) is 2.64. The van der Waals surface area contributed by atoms with Gasteiger partial charge < -0.3 is 10.1 Å². The Kier molecular flexibility index (Phi) is 4.84. The van der Waals surface area contributed by atoms with Gasteiger partial charge in [0.25, 0.3) is 5.56 Å². The first-order valence-electron chi connectivity index (χ1n) is 7.56. The van der Waals surface area contributed by atoms with E-state index in [1.54, 1.807) is 37.6 Å². The number of ether oxygens (including phenoxy) is 1. The summed E-state index contributed by atoms with van der Waals surface area (Å²) in [7, 11) is 1.59. The fourth-order valence-electron chi connectivity index (χ4n) is 2.26. The predicted molar refractivity (Wildman–Crippen MR) is 93.4 cm³/mol. The lowest BCUT2D eigenvalue weighted by Crippen LogP contribution is -2.27. The van der Waals surface area contributed by atoms with Crippen molar-refractivity contribution in [3.63, 3.8) is 0 Å². The Labute approximate surface area is 143 Å². The maximum Gasteiger partial charge on any atom is 0.254 e. The zero-order chi connectivity index (χ0) is 17.6. The lowest BCUT2D eigenvalue weighted by molar-refractivity contribution is -0.116. The van der Waals surface area contributed by atoms with Crippen LogP contribution in [-0.2, 0) is 11.3 Å². The molecule has 1 aromatic carbocycles. The van der Waals surface area contributed by atoms with E-state index in [1.807, 2.05) is 12.1 Å². The van der Waals surface area contributed by atoms with Crippen LogP contribution < -0.4 is 15.6 Å².